The lowest BCUT2D eigenvalue weighted by Gasteiger charge is -2.17. The number of carbonyl (C=O) groups is 1. The van der Waals surface area contributed by atoms with Gasteiger partial charge in [-0.1, -0.05) is 25.1 Å². The fourth-order valence-electron chi connectivity index (χ4n) is 3.38. The molecule has 2 aromatic heterocycles. The molecule has 0 unspecified atom stereocenters. The number of carbonyl (C=O) groups excluding carboxylic acids is 1. The number of hydroxylamine groups is 2. The van der Waals surface area contributed by atoms with Gasteiger partial charge in [0.1, 0.15) is 11.3 Å². The molecule has 1 aromatic carbocycles. The Hall–Kier alpha value is -2.87. The van der Waals surface area contributed by atoms with E-state index in [0.717, 1.165) is 65.1 Å². The summed E-state index contributed by atoms with van der Waals surface area (Å²) < 4.78 is 2.24. The maximum atomic E-state index is 11.2. The van der Waals surface area contributed by atoms with Crippen molar-refractivity contribution in [3.8, 4) is 0 Å². The molecule has 0 saturated heterocycles. The number of amides is 2. The highest BCUT2D eigenvalue weighted by Gasteiger charge is 2.17. The number of benzene rings is 1. The lowest BCUT2D eigenvalue weighted by atomic mass is 10.2. The van der Waals surface area contributed by atoms with E-state index in [-0.39, 0.29) is 0 Å². The van der Waals surface area contributed by atoms with Gasteiger partial charge in [0.25, 0.3) is 0 Å². The third kappa shape index (κ3) is 3.80. The van der Waals surface area contributed by atoms with Crippen LogP contribution >= 0.6 is 0 Å². The molecule has 3 rings (SSSR count). The van der Waals surface area contributed by atoms with Crippen LogP contribution in [0.15, 0.2) is 24.3 Å². The zero-order valence-corrected chi connectivity index (χ0v) is 15.8. The molecule has 27 heavy (non-hydrogen) atoms. The van der Waals surface area contributed by atoms with Gasteiger partial charge in [-0.15, -0.1) is 0 Å². The maximum Gasteiger partial charge on any atom is 0.338 e. The zero-order chi connectivity index (χ0) is 19.4. The Bertz CT molecular complexity index is 952. The quantitative estimate of drug-likeness (QED) is 0.468. The predicted molar refractivity (Wildman–Crippen MR) is 106 cm³/mol. The highest BCUT2D eigenvalue weighted by Crippen LogP contribution is 2.29. The number of rotatable bonds is 8. The number of nitrogens with zero attached hydrogens (tertiary/aromatic N) is 4. The second-order valence-corrected chi connectivity index (χ2v) is 6.47. The molecule has 0 saturated carbocycles. The van der Waals surface area contributed by atoms with Crippen LogP contribution in [0.3, 0.4) is 0 Å². The normalized spacial score (nSPS) is 11.3. The van der Waals surface area contributed by atoms with Crippen LogP contribution in [0.25, 0.3) is 21.9 Å². The van der Waals surface area contributed by atoms with Crippen molar-refractivity contribution in [3.05, 3.63) is 30.1 Å². The molecule has 4 N–H and O–H groups in total. The Morgan fingerprint density at radius 1 is 1.26 bits per heavy atom. The Morgan fingerprint density at radius 2 is 2.04 bits per heavy atom. The average molecular weight is 370 g/mol. The largest absolute Gasteiger partial charge is 0.382 e. The number of imidazole rings is 1. The molecule has 0 fully saturated rings. The summed E-state index contributed by atoms with van der Waals surface area (Å²) in [7, 11) is 1.44. The number of nitrogen functional groups attached to an aromatic ring is 1. The van der Waals surface area contributed by atoms with Gasteiger partial charge in [-0.2, -0.15) is 0 Å². The number of nitrogens with two attached hydrogens (primary N) is 2. The Kier molecular flexibility index (Phi) is 5.75. The number of para-hydroxylation sites is 1. The zero-order valence-electron chi connectivity index (χ0n) is 15.8. The van der Waals surface area contributed by atoms with E-state index < -0.39 is 6.03 Å². The molecule has 8 nitrogen and oxygen atoms in total. The number of aromatic nitrogens is 3. The first kappa shape index (κ1) is 18.9. The highest BCUT2D eigenvalue weighted by molar-refractivity contribution is 6.06. The van der Waals surface area contributed by atoms with Crippen molar-refractivity contribution in [1.82, 2.24) is 19.6 Å². The first-order valence-electron chi connectivity index (χ1n) is 9.21. The van der Waals surface area contributed by atoms with Crippen molar-refractivity contribution in [3.63, 3.8) is 0 Å². The van der Waals surface area contributed by atoms with Crippen LogP contribution in [0.4, 0.5) is 10.6 Å². The summed E-state index contributed by atoms with van der Waals surface area (Å²) in [4.78, 5) is 25.5. The molecule has 8 heteroatoms. The van der Waals surface area contributed by atoms with Crippen molar-refractivity contribution in [2.75, 3.05) is 19.4 Å². The molecule has 0 aliphatic heterocycles. The molecular weight excluding hydrogens is 344 g/mol. The summed E-state index contributed by atoms with van der Waals surface area (Å²) in [5, 5.41) is 2.21. The Labute approximate surface area is 158 Å². The second kappa shape index (κ2) is 8.22. The summed E-state index contributed by atoms with van der Waals surface area (Å²) in [6.07, 6.45) is 3.48. The van der Waals surface area contributed by atoms with E-state index in [1.807, 2.05) is 18.2 Å². The van der Waals surface area contributed by atoms with E-state index in [9.17, 15) is 4.79 Å². The third-order valence-corrected chi connectivity index (χ3v) is 4.62. The molecule has 144 valence electrons. The van der Waals surface area contributed by atoms with E-state index in [2.05, 4.69) is 22.5 Å². The number of anilines is 1. The van der Waals surface area contributed by atoms with Crippen LogP contribution < -0.4 is 11.5 Å². The van der Waals surface area contributed by atoms with Crippen LogP contribution in [0.1, 0.15) is 32.0 Å². The molecule has 3 aromatic rings. The maximum absolute atomic E-state index is 11.2. The number of unbranched alkanes of at least 4 members (excludes halogenated alkanes) is 1. The number of fused-ring (bicyclic) bond motifs is 3. The summed E-state index contributed by atoms with van der Waals surface area (Å²) in [5.41, 5.74) is 14.1. The smallest absolute Gasteiger partial charge is 0.338 e. The van der Waals surface area contributed by atoms with Crippen LogP contribution in [-0.2, 0) is 17.8 Å². The minimum atomic E-state index is -0.581. The van der Waals surface area contributed by atoms with Gasteiger partial charge >= 0.3 is 6.03 Å². The second-order valence-electron chi connectivity index (χ2n) is 6.47. The van der Waals surface area contributed by atoms with Crippen molar-refractivity contribution >= 4 is 33.8 Å². The average Bonchev–Trinajstić information content (AvgIpc) is 3.01. The van der Waals surface area contributed by atoms with Gasteiger partial charge in [0.2, 0.25) is 0 Å². The molecule has 2 heterocycles. The SMILES string of the molecule is CCCc1nc2c(N)nc3ccccc3c2n1CCCCN(OC)C(N)=O. The summed E-state index contributed by atoms with van der Waals surface area (Å²) >= 11 is 0. The lowest BCUT2D eigenvalue weighted by Crippen LogP contribution is -2.35. The molecule has 2 amide bonds. The van der Waals surface area contributed by atoms with Gasteiger partial charge < -0.3 is 16.0 Å². The first-order chi connectivity index (χ1) is 13.1. The Morgan fingerprint density at radius 3 is 2.74 bits per heavy atom. The van der Waals surface area contributed by atoms with Gasteiger partial charge in [-0.25, -0.2) is 19.8 Å². The predicted octanol–water partition coefficient (Wildman–Crippen LogP) is 2.84. The number of primary amides is 1. The summed E-state index contributed by atoms with van der Waals surface area (Å²) in [6.45, 7) is 3.36. The van der Waals surface area contributed by atoms with E-state index in [4.69, 9.17) is 21.3 Å². The first-order valence-corrected chi connectivity index (χ1v) is 9.21. The Balaban J connectivity index is 1.93. The molecule has 0 spiro atoms. The summed E-state index contributed by atoms with van der Waals surface area (Å²) in [6, 6.07) is 7.39. The monoisotopic (exact) mass is 370 g/mol. The fraction of sp³-hybridized carbons (Fsp3) is 0.421. The van der Waals surface area contributed by atoms with Gasteiger partial charge in [-0.3, -0.25) is 4.84 Å². The fourth-order valence-corrected chi connectivity index (χ4v) is 3.38. The van der Waals surface area contributed by atoms with Gasteiger partial charge in [0.15, 0.2) is 5.82 Å². The molecule has 0 atom stereocenters. The van der Waals surface area contributed by atoms with E-state index in [1.165, 1.54) is 7.11 Å². The summed E-state index contributed by atoms with van der Waals surface area (Å²) in [5.74, 6) is 1.47. The number of pyridine rings is 1. The van der Waals surface area contributed by atoms with Crippen molar-refractivity contribution in [1.29, 1.82) is 0 Å². The third-order valence-electron chi connectivity index (χ3n) is 4.62. The standard InChI is InChI=1S/C19H26N6O2/c1-3-8-15-23-16-17(13-9-4-5-10-14(13)22-18(16)20)24(15)11-6-7-12-25(27-2)19(21)26/h4-5,9-10H,3,6-8,11-12H2,1-2H3,(H2,20,22)(H2,21,26). The van der Waals surface area contributed by atoms with Gasteiger partial charge in [-0.05, 0) is 25.3 Å². The molecule has 0 bridgehead atoms. The molecule has 0 aliphatic rings. The van der Waals surface area contributed by atoms with Crippen LogP contribution in [-0.4, -0.2) is 39.3 Å². The van der Waals surface area contributed by atoms with Crippen molar-refractivity contribution in [2.45, 2.75) is 39.2 Å². The number of aryl methyl sites for hydroxylation is 2. The van der Waals surface area contributed by atoms with Gasteiger partial charge in [0.05, 0.1) is 24.7 Å². The minimum absolute atomic E-state index is 0.450. The highest BCUT2D eigenvalue weighted by atomic mass is 16.7. The topological polar surface area (TPSA) is 112 Å². The molecular formula is C19H26N6O2. The molecule has 0 aliphatic carbocycles. The van der Waals surface area contributed by atoms with Crippen molar-refractivity contribution < 1.29 is 9.63 Å². The van der Waals surface area contributed by atoms with Crippen LogP contribution in [0.2, 0.25) is 0 Å². The van der Waals surface area contributed by atoms with Crippen molar-refractivity contribution in [2.24, 2.45) is 5.73 Å². The lowest BCUT2D eigenvalue weighted by molar-refractivity contribution is -0.0839. The van der Waals surface area contributed by atoms with E-state index >= 15 is 0 Å². The number of hydrogen-bond donors (Lipinski definition) is 2. The molecule has 0 radical (unpaired) electrons. The van der Waals surface area contributed by atoms with E-state index in [0.29, 0.717) is 12.4 Å². The van der Waals surface area contributed by atoms with Crippen LogP contribution in [0.5, 0.6) is 0 Å². The van der Waals surface area contributed by atoms with E-state index in [1.54, 1.807) is 0 Å². The number of hydrogen-bond acceptors (Lipinski definition) is 5. The minimum Gasteiger partial charge on any atom is -0.382 e. The van der Waals surface area contributed by atoms with Gasteiger partial charge in [0, 0.05) is 18.4 Å². The number of urea groups is 1. The van der Waals surface area contributed by atoms with Crippen LogP contribution in [0, 0.1) is 0 Å².